The summed E-state index contributed by atoms with van der Waals surface area (Å²) in [6.07, 6.45) is 3.07. The molecule has 4 heteroatoms. The van der Waals surface area contributed by atoms with Crippen molar-refractivity contribution in [3.63, 3.8) is 0 Å². The fraction of sp³-hybridized carbons (Fsp3) is 0. The summed E-state index contributed by atoms with van der Waals surface area (Å²) in [7, 11) is 0. The quantitative estimate of drug-likeness (QED) is 0.663. The topological polar surface area (TPSA) is 37.3 Å². The predicted octanol–water partition coefficient (Wildman–Crippen LogP) is 4.60. The molecule has 2 aromatic carbocycles. The van der Waals surface area contributed by atoms with Crippen molar-refractivity contribution in [1.29, 1.82) is 0 Å². The van der Waals surface area contributed by atoms with E-state index in [0.29, 0.717) is 10.6 Å². The Morgan fingerprint density at radius 1 is 1.11 bits per heavy atom. The van der Waals surface area contributed by atoms with E-state index in [-0.39, 0.29) is 16.6 Å². The van der Waals surface area contributed by atoms with Crippen LogP contribution in [0.1, 0.15) is 15.9 Å². The van der Waals surface area contributed by atoms with Crippen molar-refractivity contribution in [3.05, 3.63) is 69.7 Å². The van der Waals surface area contributed by atoms with Crippen LogP contribution in [-0.4, -0.2) is 10.9 Å². The van der Waals surface area contributed by atoms with Gasteiger partial charge in [0.1, 0.15) is 5.75 Å². The SMILES string of the molecule is O=C(/C=C/c1ccc(O)c(Cl)c1)c1cccc(Cl)c1. The summed E-state index contributed by atoms with van der Waals surface area (Å²) in [6.45, 7) is 0. The first-order valence-electron chi connectivity index (χ1n) is 5.53. The lowest BCUT2D eigenvalue weighted by molar-refractivity contribution is 0.104. The van der Waals surface area contributed by atoms with Gasteiger partial charge in [-0.2, -0.15) is 0 Å². The molecule has 0 spiro atoms. The zero-order valence-electron chi connectivity index (χ0n) is 9.81. The molecule has 0 aliphatic carbocycles. The van der Waals surface area contributed by atoms with Crippen LogP contribution in [0.2, 0.25) is 10.0 Å². The molecule has 0 aliphatic rings. The highest BCUT2D eigenvalue weighted by Gasteiger charge is 2.02. The summed E-state index contributed by atoms with van der Waals surface area (Å²) >= 11 is 11.6. The average molecular weight is 293 g/mol. The first-order valence-corrected chi connectivity index (χ1v) is 6.28. The van der Waals surface area contributed by atoms with E-state index in [9.17, 15) is 9.90 Å². The molecule has 2 aromatic rings. The summed E-state index contributed by atoms with van der Waals surface area (Å²) < 4.78 is 0. The van der Waals surface area contributed by atoms with Crippen molar-refractivity contribution >= 4 is 35.1 Å². The van der Waals surface area contributed by atoms with Crippen LogP contribution in [0.25, 0.3) is 6.08 Å². The lowest BCUT2D eigenvalue weighted by atomic mass is 10.1. The van der Waals surface area contributed by atoms with Gasteiger partial charge < -0.3 is 5.11 Å². The number of allylic oxidation sites excluding steroid dienone is 1. The zero-order chi connectivity index (χ0) is 13.8. The number of phenols is 1. The number of aromatic hydroxyl groups is 1. The smallest absolute Gasteiger partial charge is 0.185 e. The van der Waals surface area contributed by atoms with Crippen LogP contribution in [-0.2, 0) is 0 Å². The highest BCUT2D eigenvalue weighted by Crippen LogP contribution is 2.24. The molecule has 0 aliphatic heterocycles. The average Bonchev–Trinajstić information content (AvgIpc) is 2.40. The van der Waals surface area contributed by atoms with Gasteiger partial charge in [0.05, 0.1) is 5.02 Å². The number of carbonyl (C=O) groups excluding carboxylic acids is 1. The van der Waals surface area contributed by atoms with Gasteiger partial charge in [-0.25, -0.2) is 0 Å². The summed E-state index contributed by atoms with van der Waals surface area (Å²) in [6, 6.07) is 11.5. The van der Waals surface area contributed by atoms with Crippen molar-refractivity contribution in [2.45, 2.75) is 0 Å². The molecule has 0 saturated carbocycles. The number of carbonyl (C=O) groups is 1. The maximum Gasteiger partial charge on any atom is 0.185 e. The van der Waals surface area contributed by atoms with Crippen LogP contribution >= 0.6 is 23.2 Å². The van der Waals surface area contributed by atoms with E-state index in [1.807, 2.05) is 0 Å². The molecule has 96 valence electrons. The minimum Gasteiger partial charge on any atom is -0.506 e. The van der Waals surface area contributed by atoms with Crippen LogP contribution in [0.3, 0.4) is 0 Å². The number of halogens is 2. The number of benzene rings is 2. The predicted molar refractivity (Wildman–Crippen MR) is 77.9 cm³/mol. The normalized spacial score (nSPS) is 10.8. The molecule has 0 heterocycles. The van der Waals surface area contributed by atoms with Crippen molar-refractivity contribution < 1.29 is 9.90 Å². The van der Waals surface area contributed by atoms with Gasteiger partial charge in [0, 0.05) is 10.6 Å². The minimum absolute atomic E-state index is 0.0139. The van der Waals surface area contributed by atoms with Gasteiger partial charge in [0.15, 0.2) is 5.78 Å². The summed E-state index contributed by atoms with van der Waals surface area (Å²) in [5.74, 6) is -0.133. The molecule has 0 fully saturated rings. The van der Waals surface area contributed by atoms with Gasteiger partial charge in [-0.05, 0) is 35.9 Å². The fourth-order valence-electron chi connectivity index (χ4n) is 1.54. The lowest BCUT2D eigenvalue weighted by Crippen LogP contribution is -1.93. The molecular weight excluding hydrogens is 283 g/mol. The second kappa shape index (κ2) is 5.91. The molecule has 0 saturated heterocycles. The zero-order valence-corrected chi connectivity index (χ0v) is 11.3. The standard InChI is InChI=1S/C15H10Cl2O2/c16-12-3-1-2-11(9-12)14(18)6-4-10-5-7-15(19)13(17)8-10/h1-9,19H/b6-4+. The van der Waals surface area contributed by atoms with E-state index in [1.165, 1.54) is 12.1 Å². The van der Waals surface area contributed by atoms with E-state index in [2.05, 4.69) is 0 Å². The van der Waals surface area contributed by atoms with Gasteiger partial charge in [-0.15, -0.1) is 0 Å². The third kappa shape index (κ3) is 3.60. The second-order valence-electron chi connectivity index (χ2n) is 3.92. The highest BCUT2D eigenvalue weighted by atomic mass is 35.5. The Kier molecular flexibility index (Phi) is 4.25. The Morgan fingerprint density at radius 2 is 1.89 bits per heavy atom. The van der Waals surface area contributed by atoms with Crippen molar-refractivity contribution in [1.82, 2.24) is 0 Å². The second-order valence-corrected chi connectivity index (χ2v) is 4.76. The van der Waals surface area contributed by atoms with Gasteiger partial charge in [-0.1, -0.05) is 47.5 Å². The maximum atomic E-state index is 11.9. The van der Waals surface area contributed by atoms with Crippen LogP contribution in [0.4, 0.5) is 0 Å². The number of rotatable bonds is 3. The molecule has 0 unspecified atom stereocenters. The highest BCUT2D eigenvalue weighted by molar-refractivity contribution is 6.32. The van der Waals surface area contributed by atoms with Crippen LogP contribution < -0.4 is 0 Å². The Labute approximate surface area is 120 Å². The van der Waals surface area contributed by atoms with Crippen molar-refractivity contribution in [2.75, 3.05) is 0 Å². The Hall–Kier alpha value is -1.77. The molecule has 0 bridgehead atoms. The van der Waals surface area contributed by atoms with E-state index >= 15 is 0 Å². The Morgan fingerprint density at radius 3 is 2.58 bits per heavy atom. The maximum absolute atomic E-state index is 11.9. The first kappa shape index (κ1) is 13.7. The third-order valence-electron chi connectivity index (χ3n) is 2.51. The molecule has 0 radical (unpaired) electrons. The summed E-state index contributed by atoms with van der Waals surface area (Å²) in [4.78, 5) is 11.9. The van der Waals surface area contributed by atoms with Crippen molar-refractivity contribution in [2.24, 2.45) is 0 Å². The Bertz CT molecular complexity index is 648. The Balaban J connectivity index is 2.18. The van der Waals surface area contributed by atoms with E-state index < -0.39 is 0 Å². The molecule has 0 amide bonds. The van der Waals surface area contributed by atoms with Crippen molar-refractivity contribution in [3.8, 4) is 5.75 Å². The monoisotopic (exact) mass is 292 g/mol. The van der Waals surface area contributed by atoms with E-state index in [4.69, 9.17) is 23.2 Å². The van der Waals surface area contributed by atoms with Crippen LogP contribution in [0.5, 0.6) is 5.75 Å². The molecule has 0 atom stereocenters. The van der Waals surface area contributed by atoms with Gasteiger partial charge in [0.25, 0.3) is 0 Å². The van der Waals surface area contributed by atoms with Gasteiger partial charge >= 0.3 is 0 Å². The van der Waals surface area contributed by atoms with Gasteiger partial charge in [-0.3, -0.25) is 4.79 Å². The van der Waals surface area contributed by atoms with Crippen LogP contribution in [0, 0.1) is 0 Å². The largest absolute Gasteiger partial charge is 0.506 e. The molecular formula is C15H10Cl2O2. The number of hydrogen-bond donors (Lipinski definition) is 1. The lowest BCUT2D eigenvalue weighted by Gasteiger charge is -1.99. The summed E-state index contributed by atoms with van der Waals surface area (Å²) in [5.41, 5.74) is 1.26. The molecule has 2 nitrogen and oxygen atoms in total. The third-order valence-corrected chi connectivity index (χ3v) is 3.05. The first-order chi connectivity index (χ1) is 9.06. The molecule has 1 N–H and O–H groups in total. The number of hydrogen-bond acceptors (Lipinski definition) is 2. The number of ketones is 1. The number of phenolic OH excluding ortho intramolecular Hbond substituents is 1. The van der Waals surface area contributed by atoms with E-state index in [0.717, 1.165) is 5.56 Å². The minimum atomic E-state index is -0.147. The fourth-order valence-corrected chi connectivity index (χ4v) is 1.92. The van der Waals surface area contributed by atoms with Gasteiger partial charge in [0.2, 0.25) is 0 Å². The van der Waals surface area contributed by atoms with Crippen LogP contribution in [0.15, 0.2) is 48.5 Å². The molecule has 19 heavy (non-hydrogen) atoms. The molecule has 0 aromatic heterocycles. The van der Waals surface area contributed by atoms with E-state index in [1.54, 1.807) is 42.5 Å². The molecule has 2 rings (SSSR count). The summed E-state index contributed by atoms with van der Waals surface area (Å²) in [5, 5.41) is 10.1.